The second-order valence-electron chi connectivity index (χ2n) is 4.16. The Balaban J connectivity index is 2.64. The quantitative estimate of drug-likeness (QED) is 0.660. The first-order valence-corrected chi connectivity index (χ1v) is 5.31. The highest BCUT2D eigenvalue weighted by molar-refractivity contribution is 5.73. The number of phenolic OH excluding ortho intramolecular Hbond substituents is 3. The summed E-state index contributed by atoms with van der Waals surface area (Å²) in [6.07, 6.45) is 0. The fourth-order valence-corrected chi connectivity index (χ4v) is 1.87. The minimum absolute atomic E-state index is 0.0983. The van der Waals surface area contributed by atoms with Gasteiger partial charge in [-0.15, -0.1) is 0 Å². The van der Waals surface area contributed by atoms with Crippen LogP contribution in [0.4, 0.5) is 0 Å². The van der Waals surface area contributed by atoms with Crippen molar-refractivity contribution >= 4 is 0 Å². The fourth-order valence-electron chi connectivity index (χ4n) is 1.87. The number of rotatable bonds is 1. The van der Waals surface area contributed by atoms with Crippen LogP contribution in [0, 0.1) is 13.8 Å². The lowest BCUT2D eigenvalue weighted by molar-refractivity contribution is 0.461. The average Bonchev–Trinajstić information content (AvgIpc) is 2.28. The Morgan fingerprint density at radius 3 is 2.00 bits per heavy atom. The molecule has 0 radical (unpaired) electrons. The van der Waals surface area contributed by atoms with E-state index in [-0.39, 0.29) is 17.2 Å². The molecule has 0 saturated heterocycles. The molecular weight excluding hydrogens is 216 g/mol. The zero-order chi connectivity index (χ0) is 12.6. The molecule has 0 unspecified atom stereocenters. The summed E-state index contributed by atoms with van der Waals surface area (Å²) in [5.74, 6) is 0.460. The third-order valence-electron chi connectivity index (χ3n) is 2.78. The summed E-state index contributed by atoms with van der Waals surface area (Å²) < 4.78 is 0. The van der Waals surface area contributed by atoms with Crippen molar-refractivity contribution in [3.63, 3.8) is 0 Å². The SMILES string of the molecule is Cc1cc(-c2cc(O)ccc2O)cc(C)c1O. The largest absolute Gasteiger partial charge is 0.508 e. The predicted octanol–water partition coefficient (Wildman–Crippen LogP) is 3.09. The van der Waals surface area contributed by atoms with Crippen LogP contribution in [0.5, 0.6) is 17.2 Å². The van der Waals surface area contributed by atoms with Gasteiger partial charge in [0.05, 0.1) is 0 Å². The first kappa shape index (κ1) is 11.3. The Bertz CT molecular complexity index is 551. The maximum Gasteiger partial charge on any atom is 0.123 e. The van der Waals surface area contributed by atoms with Gasteiger partial charge in [-0.25, -0.2) is 0 Å². The lowest BCUT2D eigenvalue weighted by atomic mass is 9.99. The van der Waals surface area contributed by atoms with Crippen molar-refractivity contribution in [3.05, 3.63) is 41.5 Å². The first-order valence-electron chi connectivity index (χ1n) is 5.31. The normalized spacial score (nSPS) is 10.5. The molecule has 0 heterocycles. The van der Waals surface area contributed by atoms with Crippen LogP contribution in [-0.4, -0.2) is 15.3 Å². The van der Waals surface area contributed by atoms with Crippen LogP contribution in [0.15, 0.2) is 30.3 Å². The van der Waals surface area contributed by atoms with Crippen molar-refractivity contribution in [2.75, 3.05) is 0 Å². The smallest absolute Gasteiger partial charge is 0.123 e. The van der Waals surface area contributed by atoms with Crippen molar-refractivity contribution < 1.29 is 15.3 Å². The van der Waals surface area contributed by atoms with Gasteiger partial charge < -0.3 is 15.3 Å². The molecule has 0 aliphatic heterocycles. The van der Waals surface area contributed by atoms with Gasteiger partial charge in [0.25, 0.3) is 0 Å². The average molecular weight is 230 g/mol. The number of hydrogen-bond acceptors (Lipinski definition) is 3. The van der Waals surface area contributed by atoms with E-state index in [2.05, 4.69) is 0 Å². The number of aryl methyl sites for hydroxylation is 2. The number of phenols is 3. The zero-order valence-electron chi connectivity index (χ0n) is 9.73. The maximum atomic E-state index is 9.77. The van der Waals surface area contributed by atoms with E-state index >= 15 is 0 Å². The molecule has 0 amide bonds. The maximum absolute atomic E-state index is 9.77. The second kappa shape index (κ2) is 4.01. The van der Waals surface area contributed by atoms with E-state index < -0.39 is 0 Å². The van der Waals surface area contributed by atoms with Gasteiger partial charge in [0.1, 0.15) is 17.2 Å². The molecule has 3 heteroatoms. The molecule has 0 aromatic heterocycles. The molecule has 0 atom stereocenters. The number of benzene rings is 2. The van der Waals surface area contributed by atoms with Gasteiger partial charge in [0, 0.05) is 5.56 Å². The van der Waals surface area contributed by atoms with Gasteiger partial charge in [-0.3, -0.25) is 0 Å². The fraction of sp³-hybridized carbons (Fsp3) is 0.143. The van der Waals surface area contributed by atoms with Gasteiger partial charge >= 0.3 is 0 Å². The standard InChI is InChI=1S/C14H14O3/c1-8-5-10(6-9(2)14(8)17)12-7-11(15)3-4-13(12)16/h3-7,15-17H,1-2H3. The summed E-state index contributed by atoms with van der Waals surface area (Å²) in [5, 5.41) is 28.9. The van der Waals surface area contributed by atoms with Crippen LogP contribution in [0.3, 0.4) is 0 Å². The molecule has 3 nitrogen and oxygen atoms in total. The van der Waals surface area contributed by atoms with E-state index in [1.54, 1.807) is 26.0 Å². The summed E-state index contributed by atoms with van der Waals surface area (Å²) in [4.78, 5) is 0. The van der Waals surface area contributed by atoms with E-state index in [9.17, 15) is 15.3 Å². The molecule has 3 N–H and O–H groups in total. The second-order valence-corrected chi connectivity index (χ2v) is 4.16. The van der Waals surface area contributed by atoms with Gasteiger partial charge in [0.15, 0.2) is 0 Å². The molecule has 0 bridgehead atoms. The summed E-state index contributed by atoms with van der Waals surface area (Å²) >= 11 is 0. The highest BCUT2D eigenvalue weighted by atomic mass is 16.3. The molecule has 2 aromatic rings. The van der Waals surface area contributed by atoms with Crippen LogP contribution >= 0.6 is 0 Å². The summed E-state index contributed by atoms with van der Waals surface area (Å²) in [7, 11) is 0. The molecule has 0 aliphatic rings. The van der Waals surface area contributed by atoms with Gasteiger partial charge in [-0.1, -0.05) is 0 Å². The van der Waals surface area contributed by atoms with Crippen LogP contribution < -0.4 is 0 Å². The van der Waals surface area contributed by atoms with Crippen LogP contribution in [0.25, 0.3) is 11.1 Å². The van der Waals surface area contributed by atoms with Gasteiger partial charge in [-0.2, -0.15) is 0 Å². The Morgan fingerprint density at radius 2 is 1.41 bits per heavy atom. The monoisotopic (exact) mass is 230 g/mol. The minimum atomic E-state index is 0.0983. The number of aromatic hydroxyl groups is 3. The highest BCUT2D eigenvalue weighted by Gasteiger charge is 2.09. The van der Waals surface area contributed by atoms with Crippen LogP contribution in [0.2, 0.25) is 0 Å². The van der Waals surface area contributed by atoms with E-state index in [1.807, 2.05) is 0 Å². The summed E-state index contributed by atoms with van der Waals surface area (Å²) in [5.41, 5.74) is 2.80. The van der Waals surface area contributed by atoms with Crippen molar-refractivity contribution in [2.45, 2.75) is 13.8 Å². The topological polar surface area (TPSA) is 60.7 Å². The molecule has 88 valence electrons. The molecule has 2 aromatic carbocycles. The molecule has 0 aliphatic carbocycles. The van der Waals surface area contributed by atoms with Gasteiger partial charge in [-0.05, 0) is 60.9 Å². The molecular formula is C14H14O3. The van der Waals surface area contributed by atoms with Crippen molar-refractivity contribution in [3.8, 4) is 28.4 Å². The Kier molecular flexibility index (Phi) is 2.68. The van der Waals surface area contributed by atoms with Crippen molar-refractivity contribution in [1.29, 1.82) is 0 Å². The third-order valence-corrected chi connectivity index (χ3v) is 2.78. The summed E-state index contributed by atoms with van der Waals surface area (Å²) in [6.45, 7) is 3.59. The minimum Gasteiger partial charge on any atom is -0.508 e. The Labute approximate surface area is 99.6 Å². The van der Waals surface area contributed by atoms with Crippen LogP contribution in [0.1, 0.15) is 11.1 Å². The van der Waals surface area contributed by atoms with E-state index in [1.165, 1.54) is 18.2 Å². The van der Waals surface area contributed by atoms with Crippen molar-refractivity contribution in [1.82, 2.24) is 0 Å². The lowest BCUT2D eigenvalue weighted by Crippen LogP contribution is -1.85. The predicted molar refractivity (Wildman–Crippen MR) is 66.3 cm³/mol. The summed E-state index contributed by atoms with van der Waals surface area (Å²) in [6, 6.07) is 7.93. The Morgan fingerprint density at radius 1 is 0.824 bits per heavy atom. The van der Waals surface area contributed by atoms with E-state index in [0.29, 0.717) is 5.56 Å². The van der Waals surface area contributed by atoms with Gasteiger partial charge in [0.2, 0.25) is 0 Å². The van der Waals surface area contributed by atoms with Crippen LogP contribution in [-0.2, 0) is 0 Å². The molecule has 17 heavy (non-hydrogen) atoms. The highest BCUT2D eigenvalue weighted by Crippen LogP contribution is 2.35. The van der Waals surface area contributed by atoms with E-state index in [0.717, 1.165) is 16.7 Å². The lowest BCUT2D eigenvalue weighted by Gasteiger charge is -2.10. The third kappa shape index (κ3) is 2.04. The first-order chi connectivity index (χ1) is 7.99. The van der Waals surface area contributed by atoms with E-state index in [4.69, 9.17) is 0 Å². The number of hydrogen-bond donors (Lipinski definition) is 3. The zero-order valence-corrected chi connectivity index (χ0v) is 9.73. The Hall–Kier alpha value is -2.16. The molecule has 0 fully saturated rings. The molecule has 2 rings (SSSR count). The molecule has 0 saturated carbocycles. The molecule has 0 spiro atoms. The van der Waals surface area contributed by atoms with Crippen molar-refractivity contribution in [2.24, 2.45) is 0 Å².